The highest BCUT2D eigenvalue weighted by Crippen LogP contribution is 2.21. The fourth-order valence-corrected chi connectivity index (χ4v) is 4.63. The fraction of sp³-hybridized carbons (Fsp3) is 0.611. The summed E-state index contributed by atoms with van der Waals surface area (Å²) in [5.74, 6) is -1.51. The van der Waals surface area contributed by atoms with Gasteiger partial charge in [0.25, 0.3) is 0 Å². The van der Waals surface area contributed by atoms with E-state index < -0.39 is 22.0 Å². The lowest BCUT2D eigenvalue weighted by atomic mass is 10.1. The summed E-state index contributed by atoms with van der Waals surface area (Å²) in [6, 6.07) is 7.81. The second-order valence-electron chi connectivity index (χ2n) is 6.82. The summed E-state index contributed by atoms with van der Waals surface area (Å²) in [5.41, 5.74) is 0.773. The minimum Gasteiger partial charge on any atom is -0.480 e. The van der Waals surface area contributed by atoms with Crippen LogP contribution in [-0.4, -0.2) is 44.0 Å². The average molecular weight is 369 g/mol. The number of hydrogen-bond donors (Lipinski definition) is 2. The molecule has 2 atom stereocenters. The van der Waals surface area contributed by atoms with Crippen LogP contribution in [0.5, 0.6) is 0 Å². The standard InChI is InChI=1S/C18H27NO5S/c1-14(12-24-16-9-5-6-10-16)13-25(22,23)19-17(18(20)21)11-15-7-3-2-4-8-15/h2-4,7-8,14,16-17,19H,5-6,9-13H2,1H3,(H,20,21)/t14?,17-/m1/s1. The molecule has 0 radical (unpaired) electrons. The first-order valence-corrected chi connectivity index (χ1v) is 10.4. The first-order valence-electron chi connectivity index (χ1n) is 8.74. The molecule has 2 N–H and O–H groups in total. The Labute approximate surface area is 149 Å². The highest BCUT2D eigenvalue weighted by Gasteiger charge is 2.26. The molecular weight excluding hydrogens is 342 g/mol. The molecule has 1 aromatic carbocycles. The van der Waals surface area contributed by atoms with E-state index in [1.165, 1.54) is 12.8 Å². The van der Waals surface area contributed by atoms with Gasteiger partial charge in [0.05, 0.1) is 18.5 Å². The van der Waals surface area contributed by atoms with Crippen LogP contribution in [0.25, 0.3) is 0 Å². The van der Waals surface area contributed by atoms with Crippen molar-refractivity contribution >= 4 is 16.0 Å². The smallest absolute Gasteiger partial charge is 0.322 e. The van der Waals surface area contributed by atoms with Crippen LogP contribution in [0.2, 0.25) is 0 Å². The van der Waals surface area contributed by atoms with Gasteiger partial charge >= 0.3 is 5.97 Å². The van der Waals surface area contributed by atoms with Crippen LogP contribution in [0.4, 0.5) is 0 Å². The first-order chi connectivity index (χ1) is 11.9. The number of carbonyl (C=O) groups is 1. The average Bonchev–Trinajstić information content (AvgIpc) is 3.06. The van der Waals surface area contributed by atoms with E-state index in [9.17, 15) is 18.3 Å². The Kier molecular flexibility index (Phi) is 7.40. The molecular formula is C18H27NO5S. The molecule has 7 heteroatoms. The normalized spacial score (nSPS) is 18.1. The third-order valence-corrected chi connectivity index (χ3v) is 5.98. The zero-order valence-corrected chi connectivity index (χ0v) is 15.4. The quantitative estimate of drug-likeness (QED) is 0.659. The maximum absolute atomic E-state index is 12.3. The Morgan fingerprint density at radius 1 is 1.28 bits per heavy atom. The summed E-state index contributed by atoms with van der Waals surface area (Å²) in [7, 11) is -3.70. The van der Waals surface area contributed by atoms with E-state index in [0.29, 0.717) is 6.61 Å². The van der Waals surface area contributed by atoms with Gasteiger partial charge in [-0.15, -0.1) is 0 Å². The predicted molar refractivity (Wildman–Crippen MR) is 95.9 cm³/mol. The Hall–Kier alpha value is -1.44. The Balaban J connectivity index is 1.86. The van der Waals surface area contributed by atoms with Gasteiger partial charge in [0, 0.05) is 0 Å². The van der Waals surface area contributed by atoms with Crippen LogP contribution >= 0.6 is 0 Å². The lowest BCUT2D eigenvalue weighted by molar-refractivity contribution is -0.138. The van der Waals surface area contributed by atoms with Crippen molar-refractivity contribution in [1.82, 2.24) is 4.72 Å². The number of aliphatic carboxylic acids is 1. The van der Waals surface area contributed by atoms with E-state index >= 15 is 0 Å². The van der Waals surface area contributed by atoms with Gasteiger partial charge in [-0.05, 0) is 30.7 Å². The van der Waals surface area contributed by atoms with Crippen molar-refractivity contribution in [2.24, 2.45) is 5.92 Å². The van der Waals surface area contributed by atoms with Crippen LogP contribution < -0.4 is 4.72 Å². The van der Waals surface area contributed by atoms with Crippen molar-refractivity contribution in [3.63, 3.8) is 0 Å². The summed E-state index contributed by atoms with van der Waals surface area (Å²) in [6.45, 7) is 2.18. The minimum atomic E-state index is -3.70. The summed E-state index contributed by atoms with van der Waals surface area (Å²) in [6.07, 6.45) is 4.76. The van der Waals surface area contributed by atoms with Crippen molar-refractivity contribution in [3.8, 4) is 0 Å². The minimum absolute atomic E-state index is 0.113. The summed E-state index contributed by atoms with van der Waals surface area (Å²) < 4.78 is 32.7. The van der Waals surface area contributed by atoms with E-state index in [0.717, 1.165) is 18.4 Å². The van der Waals surface area contributed by atoms with Gasteiger partial charge in [-0.2, -0.15) is 0 Å². The highest BCUT2D eigenvalue weighted by atomic mass is 32.2. The van der Waals surface area contributed by atoms with Gasteiger partial charge in [0.1, 0.15) is 6.04 Å². The Morgan fingerprint density at radius 2 is 1.92 bits per heavy atom. The molecule has 1 saturated carbocycles. The van der Waals surface area contributed by atoms with Gasteiger partial charge in [-0.1, -0.05) is 50.1 Å². The maximum atomic E-state index is 12.3. The second-order valence-corrected chi connectivity index (χ2v) is 8.62. The number of ether oxygens (including phenoxy) is 1. The number of rotatable bonds is 10. The third kappa shape index (κ3) is 7.13. The Bertz CT molecular complexity index is 641. The third-order valence-electron chi connectivity index (χ3n) is 4.33. The van der Waals surface area contributed by atoms with Crippen LogP contribution in [0.15, 0.2) is 30.3 Å². The van der Waals surface area contributed by atoms with Gasteiger partial charge in [0.15, 0.2) is 0 Å². The van der Waals surface area contributed by atoms with Crippen molar-refractivity contribution in [3.05, 3.63) is 35.9 Å². The molecule has 1 aromatic rings. The molecule has 0 aliphatic heterocycles. The van der Waals surface area contributed by atoms with Gasteiger partial charge in [-0.25, -0.2) is 13.1 Å². The lowest BCUT2D eigenvalue weighted by Gasteiger charge is -2.19. The second kappa shape index (κ2) is 9.31. The molecule has 1 unspecified atom stereocenters. The molecule has 0 aromatic heterocycles. The molecule has 0 amide bonds. The molecule has 0 saturated heterocycles. The van der Waals surface area contributed by atoms with E-state index in [-0.39, 0.29) is 24.2 Å². The number of carboxylic acid groups (broad SMARTS) is 1. The molecule has 1 fully saturated rings. The maximum Gasteiger partial charge on any atom is 0.322 e. The lowest BCUT2D eigenvalue weighted by Crippen LogP contribution is -2.44. The zero-order valence-electron chi connectivity index (χ0n) is 14.6. The van der Waals surface area contributed by atoms with Crippen LogP contribution in [0.1, 0.15) is 38.2 Å². The summed E-state index contributed by atoms with van der Waals surface area (Å²) >= 11 is 0. The molecule has 6 nitrogen and oxygen atoms in total. The van der Waals surface area contributed by atoms with E-state index in [4.69, 9.17) is 4.74 Å². The van der Waals surface area contributed by atoms with E-state index in [1.54, 1.807) is 31.2 Å². The molecule has 1 aliphatic rings. The zero-order chi connectivity index (χ0) is 18.3. The fourth-order valence-electron chi connectivity index (χ4n) is 3.07. The van der Waals surface area contributed by atoms with Crippen molar-refractivity contribution in [2.75, 3.05) is 12.4 Å². The molecule has 0 bridgehead atoms. The summed E-state index contributed by atoms with van der Waals surface area (Å²) in [5, 5.41) is 9.33. The SMILES string of the molecule is CC(COC1CCCC1)CS(=O)(=O)N[C@H](Cc1ccccc1)C(=O)O. The molecule has 1 aliphatic carbocycles. The predicted octanol–water partition coefficient (Wildman–Crippen LogP) is 2.20. The van der Waals surface area contributed by atoms with Crippen LogP contribution in [0.3, 0.4) is 0 Å². The molecule has 0 spiro atoms. The topological polar surface area (TPSA) is 92.7 Å². The van der Waals surface area contributed by atoms with Gasteiger partial charge < -0.3 is 9.84 Å². The number of nitrogens with one attached hydrogen (secondary N) is 1. The number of hydrogen-bond acceptors (Lipinski definition) is 4. The number of carboxylic acids is 1. The molecule has 140 valence electrons. The molecule has 25 heavy (non-hydrogen) atoms. The highest BCUT2D eigenvalue weighted by molar-refractivity contribution is 7.89. The number of sulfonamides is 1. The van der Waals surface area contributed by atoms with Crippen LogP contribution in [-0.2, 0) is 26.0 Å². The molecule has 2 rings (SSSR count). The van der Waals surface area contributed by atoms with E-state index in [2.05, 4.69) is 4.72 Å². The van der Waals surface area contributed by atoms with Gasteiger partial charge in [-0.3, -0.25) is 4.79 Å². The first kappa shape index (κ1) is 19.9. The summed E-state index contributed by atoms with van der Waals surface area (Å²) in [4.78, 5) is 11.4. The van der Waals surface area contributed by atoms with Crippen molar-refractivity contribution in [1.29, 1.82) is 0 Å². The monoisotopic (exact) mass is 369 g/mol. The van der Waals surface area contributed by atoms with Crippen molar-refractivity contribution < 1.29 is 23.1 Å². The van der Waals surface area contributed by atoms with Gasteiger partial charge in [0.2, 0.25) is 10.0 Å². The largest absolute Gasteiger partial charge is 0.480 e. The van der Waals surface area contributed by atoms with E-state index in [1.807, 2.05) is 6.07 Å². The van der Waals surface area contributed by atoms with Crippen molar-refractivity contribution in [2.45, 2.75) is 51.2 Å². The molecule has 0 heterocycles. The Morgan fingerprint density at radius 3 is 2.52 bits per heavy atom. The number of benzene rings is 1. The van der Waals surface area contributed by atoms with Crippen LogP contribution in [0, 0.1) is 5.92 Å².